The third-order valence-corrected chi connectivity index (χ3v) is 3.22. The monoisotopic (exact) mass is 345 g/mol. The number of aliphatic carboxylic acids is 2. The highest BCUT2D eigenvalue weighted by Crippen LogP contribution is 2.13. The molecule has 0 saturated carbocycles. The van der Waals surface area contributed by atoms with Gasteiger partial charge in [0.1, 0.15) is 0 Å². The van der Waals surface area contributed by atoms with Crippen molar-refractivity contribution in [2.24, 2.45) is 5.73 Å². The molecule has 0 aromatic heterocycles. The van der Waals surface area contributed by atoms with Crippen LogP contribution in [0.5, 0.6) is 0 Å². The normalized spacial score (nSPS) is 10.7. The van der Waals surface area contributed by atoms with Crippen molar-refractivity contribution in [3.8, 4) is 0 Å². The molecule has 0 rings (SSSR count). The van der Waals surface area contributed by atoms with Gasteiger partial charge in [-0.25, -0.2) is 4.79 Å². The standard InChI is InChI=1S/C14H25NO3.C3H6O3/c1-2-3-4-5-6-7-8-9-10-12(14(17)18)11-13(15)16;4-2-1-3(5)6/h11H,2-10H2,1H3,(H2,15,16)(H,17,18);4H,1-2H2,(H,5,6)/b12-11-;. The van der Waals surface area contributed by atoms with Gasteiger partial charge >= 0.3 is 11.9 Å². The molecule has 0 bridgehead atoms. The zero-order chi connectivity index (χ0) is 18.8. The number of carbonyl (C=O) groups is 3. The Hall–Kier alpha value is -1.89. The van der Waals surface area contributed by atoms with E-state index in [-0.39, 0.29) is 18.6 Å². The summed E-state index contributed by atoms with van der Waals surface area (Å²) in [4.78, 5) is 30.9. The van der Waals surface area contributed by atoms with Crippen molar-refractivity contribution in [3.05, 3.63) is 11.6 Å². The number of aliphatic hydroxyl groups is 1. The van der Waals surface area contributed by atoms with Crippen LogP contribution in [-0.2, 0) is 14.4 Å². The third-order valence-electron chi connectivity index (χ3n) is 3.22. The Labute approximate surface area is 143 Å². The summed E-state index contributed by atoms with van der Waals surface area (Å²) in [7, 11) is 0. The molecular weight excluding hydrogens is 314 g/mol. The van der Waals surface area contributed by atoms with E-state index >= 15 is 0 Å². The molecule has 0 aliphatic rings. The summed E-state index contributed by atoms with van der Waals surface area (Å²) in [6.07, 6.45) is 10.5. The lowest BCUT2D eigenvalue weighted by molar-refractivity contribution is -0.137. The summed E-state index contributed by atoms with van der Waals surface area (Å²) in [5, 5.41) is 24.5. The van der Waals surface area contributed by atoms with Crippen LogP contribution >= 0.6 is 0 Å². The minimum Gasteiger partial charge on any atom is -0.481 e. The number of aliphatic hydroxyl groups excluding tert-OH is 1. The van der Waals surface area contributed by atoms with E-state index in [1.165, 1.54) is 32.1 Å². The first-order valence-electron chi connectivity index (χ1n) is 8.41. The first kappa shape index (κ1) is 24.4. The summed E-state index contributed by atoms with van der Waals surface area (Å²) in [6, 6.07) is 0. The number of hydrogen-bond acceptors (Lipinski definition) is 4. The molecule has 0 aliphatic heterocycles. The highest BCUT2D eigenvalue weighted by Gasteiger charge is 2.07. The number of nitrogens with two attached hydrogens (primary N) is 1. The Morgan fingerprint density at radius 3 is 1.71 bits per heavy atom. The Kier molecular flexibility index (Phi) is 17.7. The first-order valence-corrected chi connectivity index (χ1v) is 8.41. The van der Waals surface area contributed by atoms with Crippen molar-refractivity contribution < 1.29 is 29.7 Å². The number of carboxylic acids is 2. The van der Waals surface area contributed by atoms with Crippen LogP contribution in [0.1, 0.15) is 71.1 Å². The van der Waals surface area contributed by atoms with Gasteiger partial charge in [-0.1, -0.05) is 51.9 Å². The van der Waals surface area contributed by atoms with E-state index < -0.39 is 17.8 Å². The molecule has 140 valence electrons. The van der Waals surface area contributed by atoms with Crippen molar-refractivity contribution in [1.82, 2.24) is 0 Å². The molecule has 24 heavy (non-hydrogen) atoms. The van der Waals surface area contributed by atoms with E-state index in [4.69, 9.17) is 21.1 Å². The maximum atomic E-state index is 10.8. The van der Waals surface area contributed by atoms with Crippen LogP contribution in [0.3, 0.4) is 0 Å². The predicted octanol–water partition coefficient (Wildman–Crippen LogP) is 2.47. The SMILES string of the molecule is CCCCCCCCCC/C(=C/C(N)=O)C(=O)O.O=C(O)CCO. The van der Waals surface area contributed by atoms with Gasteiger partial charge < -0.3 is 21.1 Å². The fourth-order valence-corrected chi connectivity index (χ4v) is 1.96. The topological polar surface area (TPSA) is 138 Å². The van der Waals surface area contributed by atoms with Gasteiger partial charge in [-0.15, -0.1) is 0 Å². The summed E-state index contributed by atoms with van der Waals surface area (Å²) < 4.78 is 0. The van der Waals surface area contributed by atoms with Crippen LogP contribution in [0.25, 0.3) is 0 Å². The molecule has 7 nitrogen and oxygen atoms in total. The highest BCUT2D eigenvalue weighted by molar-refractivity contribution is 5.96. The van der Waals surface area contributed by atoms with Gasteiger partial charge in [0.25, 0.3) is 0 Å². The van der Waals surface area contributed by atoms with E-state index in [1.54, 1.807) is 0 Å². The van der Waals surface area contributed by atoms with Crippen molar-refractivity contribution in [1.29, 1.82) is 0 Å². The molecule has 0 unspecified atom stereocenters. The predicted molar refractivity (Wildman–Crippen MR) is 91.5 cm³/mol. The number of primary amides is 1. The van der Waals surface area contributed by atoms with Crippen LogP contribution < -0.4 is 5.73 Å². The van der Waals surface area contributed by atoms with Crippen LogP contribution in [0.2, 0.25) is 0 Å². The number of carbonyl (C=O) groups excluding carboxylic acids is 1. The van der Waals surface area contributed by atoms with Gasteiger partial charge in [0.2, 0.25) is 5.91 Å². The van der Waals surface area contributed by atoms with E-state index in [0.717, 1.165) is 25.3 Å². The van der Waals surface area contributed by atoms with Crippen LogP contribution in [0.4, 0.5) is 0 Å². The highest BCUT2D eigenvalue weighted by atomic mass is 16.4. The number of unbranched alkanes of at least 4 members (excludes halogenated alkanes) is 7. The number of hydrogen-bond donors (Lipinski definition) is 4. The van der Waals surface area contributed by atoms with Crippen molar-refractivity contribution in [2.45, 2.75) is 71.1 Å². The van der Waals surface area contributed by atoms with Gasteiger partial charge in [-0.3, -0.25) is 9.59 Å². The van der Waals surface area contributed by atoms with E-state index in [2.05, 4.69) is 6.92 Å². The third kappa shape index (κ3) is 20.1. The fraction of sp³-hybridized carbons (Fsp3) is 0.706. The molecule has 0 heterocycles. The summed E-state index contributed by atoms with van der Waals surface area (Å²) >= 11 is 0. The molecule has 0 aromatic rings. The fourth-order valence-electron chi connectivity index (χ4n) is 1.96. The van der Waals surface area contributed by atoms with Crippen LogP contribution in [-0.4, -0.2) is 39.8 Å². The second kappa shape index (κ2) is 17.5. The molecule has 1 amide bonds. The lowest BCUT2D eigenvalue weighted by Crippen LogP contribution is -2.11. The summed E-state index contributed by atoms with van der Waals surface area (Å²) in [5.41, 5.74) is 5.07. The van der Waals surface area contributed by atoms with Gasteiger partial charge in [0, 0.05) is 11.6 Å². The molecule has 0 aliphatic carbocycles. The molecule has 0 radical (unpaired) electrons. The second-order valence-corrected chi connectivity index (χ2v) is 5.47. The summed E-state index contributed by atoms with van der Waals surface area (Å²) in [5.74, 6) is -2.69. The molecule has 0 spiro atoms. The van der Waals surface area contributed by atoms with Crippen molar-refractivity contribution >= 4 is 17.8 Å². The maximum Gasteiger partial charge on any atom is 0.331 e. The van der Waals surface area contributed by atoms with E-state index in [1.807, 2.05) is 0 Å². The molecular formula is C17H31NO6. The molecule has 0 atom stereocenters. The smallest absolute Gasteiger partial charge is 0.331 e. The lowest BCUT2D eigenvalue weighted by atomic mass is 10.0. The quantitative estimate of drug-likeness (QED) is 0.299. The number of carboxylic acid groups (broad SMARTS) is 2. The molecule has 0 fully saturated rings. The van der Waals surface area contributed by atoms with E-state index in [9.17, 15) is 14.4 Å². The maximum absolute atomic E-state index is 10.8. The Bertz CT molecular complexity index is 393. The van der Waals surface area contributed by atoms with Gasteiger partial charge in [-0.05, 0) is 12.8 Å². The molecule has 5 N–H and O–H groups in total. The van der Waals surface area contributed by atoms with Crippen molar-refractivity contribution in [2.75, 3.05) is 6.61 Å². The largest absolute Gasteiger partial charge is 0.481 e. The van der Waals surface area contributed by atoms with Crippen LogP contribution in [0, 0.1) is 0 Å². The van der Waals surface area contributed by atoms with E-state index in [0.29, 0.717) is 6.42 Å². The molecule has 7 heteroatoms. The minimum absolute atomic E-state index is 0.119. The van der Waals surface area contributed by atoms with Gasteiger partial charge in [-0.2, -0.15) is 0 Å². The Balaban J connectivity index is 0. The van der Waals surface area contributed by atoms with Crippen LogP contribution in [0.15, 0.2) is 11.6 Å². The minimum atomic E-state index is -1.04. The van der Waals surface area contributed by atoms with Crippen molar-refractivity contribution in [3.63, 3.8) is 0 Å². The molecule has 0 saturated heterocycles. The lowest BCUT2D eigenvalue weighted by Gasteiger charge is -2.03. The Morgan fingerprint density at radius 2 is 1.38 bits per heavy atom. The Morgan fingerprint density at radius 1 is 0.875 bits per heavy atom. The zero-order valence-electron chi connectivity index (χ0n) is 14.5. The zero-order valence-corrected chi connectivity index (χ0v) is 14.5. The average Bonchev–Trinajstić information content (AvgIpc) is 2.48. The number of rotatable bonds is 13. The van der Waals surface area contributed by atoms with Gasteiger partial charge in [0.15, 0.2) is 0 Å². The first-order chi connectivity index (χ1) is 11.3. The summed E-state index contributed by atoms with van der Waals surface area (Å²) in [6.45, 7) is 1.92. The second-order valence-electron chi connectivity index (χ2n) is 5.47. The van der Waals surface area contributed by atoms with Gasteiger partial charge in [0.05, 0.1) is 13.0 Å². The molecule has 0 aromatic carbocycles. The number of amides is 1. The average molecular weight is 345 g/mol.